The van der Waals surface area contributed by atoms with E-state index in [1.54, 1.807) is 0 Å². The SMILES string of the molecule is CCCCCCCCCCCCOCCOCCOCCOCCOCCOCCOCCCCCCCCCC. The fourth-order valence-electron chi connectivity index (χ4n) is 4.45. The van der Waals surface area contributed by atoms with Gasteiger partial charge in [-0.25, -0.2) is 0 Å². The Balaban J connectivity index is 3.02. The Morgan fingerprint density at radius 3 is 0.585 bits per heavy atom. The van der Waals surface area contributed by atoms with Gasteiger partial charge in [0.1, 0.15) is 0 Å². The molecule has 41 heavy (non-hydrogen) atoms. The van der Waals surface area contributed by atoms with E-state index in [9.17, 15) is 0 Å². The number of ether oxygens (including phenoxy) is 7. The number of hydrogen-bond donors (Lipinski definition) is 0. The van der Waals surface area contributed by atoms with Gasteiger partial charge < -0.3 is 33.2 Å². The summed E-state index contributed by atoms with van der Waals surface area (Å²) >= 11 is 0. The molecule has 0 saturated carbocycles. The van der Waals surface area contributed by atoms with E-state index >= 15 is 0 Å². The molecule has 0 rings (SSSR count). The Kier molecular flexibility index (Phi) is 39.4. The molecule has 7 heteroatoms. The molecule has 0 amide bonds. The first-order valence-corrected chi connectivity index (χ1v) is 17.5. The third-order valence-electron chi connectivity index (χ3n) is 7.02. The highest BCUT2D eigenvalue weighted by atomic mass is 16.6. The van der Waals surface area contributed by atoms with Crippen molar-refractivity contribution in [3.05, 3.63) is 0 Å². The van der Waals surface area contributed by atoms with Crippen molar-refractivity contribution in [2.45, 2.75) is 129 Å². The molecule has 0 fully saturated rings. The van der Waals surface area contributed by atoms with Crippen LogP contribution in [0.3, 0.4) is 0 Å². The van der Waals surface area contributed by atoms with Crippen molar-refractivity contribution < 1.29 is 33.2 Å². The third-order valence-corrected chi connectivity index (χ3v) is 7.02. The molecule has 0 atom stereocenters. The topological polar surface area (TPSA) is 64.6 Å². The molecule has 0 radical (unpaired) electrons. The van der Waals surface area contributed by atoms with Gasteiger partial charge in [-0.05, 0) is 12.8 Å². The summed E-state index contributed by atoms with van der Waals surface area (Å²) in [7, 11) is 0. The molecule has 0 bridgehead atoms. The minimum absolute atomic E-state index is 0.567. The molecule has 0 unspecified atom stereocenters. The Hall–Kier alpha value is -0.280. The summed E-state index contributed by atoms with van der Waals surface area (Å²) in [5, 5.41) is 0. The van der Waals surface area contributed by atoms with Crippen LogP contribution in [0.25, 0.3) is 0 Å². The van der Waals surface area contributed by atoms with Gasteiger partial charge in [-0.1, -0.05) is 117 Å². The summed E-state index contributed by atoms with van der Waals surface area (Å²) in [5.41, 5.74) is 0. The molecule has 0 aromatic heterocycles. The number of rotatable bonds is 38. The average Bonchev–Trinajstić information content (AvgIpc) is 2.98. The third kappa shape index (κ3) is 39.7. The maximum atomic E-state index is 5.65. The minimum Gasteiger partial charge on any atom is -0.379 e. The second kappa shape index (κ2) is 39.7. The van der Waals surface area contributed by atoms with Crippen LogP contribution in [0.1, 0.15) is 129 Å². The summed E-state index contributed by atoms with van der Waals surface area (Å²) in [5.74, 6) is 0. The first-order valence-electron chi connectivity index (χ1n) is 17.5. The monoisotopic (exact) mass is 591 g/mol. The summed E-state index contributed by atoms with van der Waals surface area (Å²) in [6.07, 6.45) is 24.1. The van der Waals surface area contributed by atoms with E-state index in [4.69, 9.17) is 33.2 Å². The first kappa shape index (κ1) is 40.7. The van der Waals surface area contributed by atoms with Crippen LogP contribution in [0.4, 0.5) is 0 Å². The van der Waals surface area contributed by atoms with Gasteiger partial charge >= 0.3 is 0 Å². The van der Waals surface area contributed by atoms with Crippen molar-refractivity contribution in [2.24, 2.45) is 0 Å². The standard InChI is InChI=1S/C34H70O7/c1-3-5-7-9-11-13-14-16-18-20-22-36-24-26-38-28-30-40-32-34-41-33-31-39-29-27-37-25-23-35-21-19-17-15-12-10-8-6-4-2/h3-34H2,1-2H3. The van der Waals surface area contributed by atoms with Crippen molar-refractivity contribution in [3.8, 4) is 0 Å². The van der Waals surface area contributed by atoms with Gasteiger partial charge in [-0.15, -0.1) is 0 Å². The van der Waals surface area contributed by atoms with Crippen LogP contribution in [0.15, 0.2) is 0 Å². The predicted octanol–water partition coefficient (Wildman–Crippen LogP) is 8.16. The van der Waals surface area contributed by atoms with E-state index < -0.39 is 0 Å². The Bertz CT molecular complexity index is 401. The summed E-state index contributed by atoms with van der Waals surface area (Å²) in [6, 6.07) is 0. The Morgan fingerprint density at radius 2 is 0.366 bits per heavy atom. The van der Waals surface area contributed by atoms with Gasteiger partial charge in [0.05, 0.1) is 79.3 Å². The Morgan fingerprint density at radius 1 is 0.195 bits per heavy atom. The van der Waals surface area contributed by atoms with Gasteiger partial charge in [-0.2, -0.15) is 0 Å². The van der Waals surface area contributed by atoms with Crippen molar-refractivity contribution in [3.63, 3.8) is 0 Å². The molecule has 7 nitrogen and oxygen atoms in total. The molecule has 0 aliphatic carbocycles. The van der Waals surface area contributed by atoms with Gasteiger partial charge in [0.15, 0.2) is 0 Å². The minimum atomic E-state index is 0.567. The van der Waals surface area contributed by atoms with E-state index in [0.29, 0.717) is 79.3 Å². The summed E-state index contributed by atoms with van der Waals surface area (Å²) in [6.45, 7) is 13.4. The largest absolute Gasteiger partial charge is 0.379 e. The maximum Gasteiger partial charge on any atom is 0.0701 e. The molecule has 0 aromatic carbocycles. The lowest BCUT2D eigenvalue weighted by molar-refractivity contribution is -0.0206. The van der Waals surface area contributed by atoms with Crippen LogP contribution < -0.4 is 0 Å². The number of unbranched alkanes of at least 4 members (excludes halogenated alkanes) is 16. The molecule has 0 aliphatic heterocycles. The highest BCUT2D eigenvalue weighted by molar-refractivity contribution is 4.48. The fraction of sp³-hybridized carbons (Fsp3) is 1.00. The van der Waals surface area contributed by atoms with Crippen LogP contribution in [0, 0.1) is 0 Å². The molecular formula is C34H70O7. The molecule has 248 valence electrons. The lowest BCUT2D eigenvalue weighted by atomic mass is 10.1. The molecule has 0 saturated heterocycles. The molecule has 0 aliphatic rings. The van der Waals surface area contributed by atoms with Crippen LogP contribution >= 0.6 is 0 Å². The van der Waals surface area contributed by atoms with Crippen molar-refractivity contribution in [1.82, 2.24) is 0 Å². The van der Waals surface area contributed by atoms with Crippen LogP contribution in [-0.4, -0.2) is 92.5 Å². The zero-order valence-electron chi connectivity index (χ0n) is 27.5. The van der Waals surface area contributed by atoms with Crippen molar-refractivity contribution in [2.75, 3.05) is 92.5 Å². The van der Waals surface area contributed by atoms with E-state index in [0.717, 1.165) is 26.1 Å². The van der Waals surface area contributed by atoms with Crippen molar-refractivity contribution >= 4 is 0 Å². The van der Waals surface area contributed by atoms with E-state index in [2.05, 4.69) is 13.8 Å². The fourth-order valence-corrected chi connectivity index (χ4v) is 4.45. The zero-order valence-corrected chi connectivity index (χ0v) is 27.5. The highest BCUT2D eigenvalue weighted by Crippen LogP contribution is 2.10. The molecule has 0 heterocycles. The molecular weight excluding hydrogens is 520 g/mol. The van der Waals surface area contributed by atoms with Crippen molar-refractivity contribution in [1.29, 1.82) is 0 Å². The second-order valence-corrected chi connectivity index (χ2v) is 10.9. The lowest BCUT2D eigenvalue weighted by Gasteiger charge is -2.08. The second-order valence-electron chi connectivity index (χ2n) is 10.9. The quantitative estimate of drug-likeness (QED) is 0.0672. The maximum absolute atomic E-state index is 5.65. The van der Waals surface area contributed by atoms with Crippen LogP contribution in [0.2, 0.25) is 0 Å². The highest BCUT2D eigenvalue weighted by Gasteiger charge is 1.97. The smallest absolute Gasteiger partial charge is 0.0701 e. The molecule has 0 spiro atoms. The summed E-state index contributed by atoms with van der Waals surface area (Å²) < 4.78 is 38.9. The zero-order chi connectivity index (χ0) is 29.6. The molecule has 0 N–H and O–H groups in total. The van der Waals surface area contributed by atoms with Gasteiger partial charge in [0.25, 0.3) is 0 Å². The van der Waals surface area contributed by atoms with Gasteiger partial charge in [0, 0.05) is 13.2 Å². The van der Waals surface area contributed by atoms with Gasteiger partial charge in [0.2, 0.25) is 0 Å². The Labute approximate surface area is 255 Å². The van der Waals surface area contributed by atoms with Crippen LogP contribution in [0.5, 0.6) is 0 Å². The van der Waals surface area contributed by atoms with E-state index in [1.165, 1.54) is 103 Å². The number of hydrogen-bond acceptors (Lipinski definition) is 7. The first-order chi connectivity index (χ1) is 20.4. The molecule has 0 aromatic rings. The predicted molar refractivity (Wildman–Crippen MR) is 170 cm³/mol. The van der Waals surface area contributed by atoms with Crippen LogP contribution in [-0.2, 0) is 33.2 Å². The normalized spacial score (nSPS) is 11.6. The van der Waals surface area contributed by atoms with Gasteiger partial charge in [-0.3, -0.25) is 0 Å². The lowest BCUT2D eigenvalue weighted by Crippen LogP contribution is -2.14. The summed E-state index contributed by atoms with van der Waals surface area (Å²) in [4.78, 5) is 0. The van der Waals surface area contributed by atoms with E-state index in [-0.39, 0.29) is 0 Å². The average molecular weight is 591 g/mol. The van der Waals surface area contributed by atoms with E-state index in [1.807, 2.05) is 0 Å².